The van der Waals surface area contributed by atoms with Crippen LogP contribution in [0, 0.1) is 0 Å². The van der Waals surface area contributed by atoms with Gasteiger partial charge in [0.2, 0.25) is 0 Å². The monoisotopic (exact) mass is 563 g/mol. The lowest BCUT2D eigenvalue weighted by Gasteiger charge is -2.27. The number of carbonyl (C=O) groups is 1. The molecule has 1 aromatic heterocycles. The van der Waals surface area contributed by atoms with Crippen molar-refractivity contribution in [3.63, 3.8) is 0 Å². The quantitative estimate of drug-likeness (QED) is 0.473. The van der Waals surface area contributed by atoms with Crippen LogP contribution in [0.3, 0.4) is 0 Å². The zero-order valence-electron chi connectivity index (χ0n) is 21.3. The van der Waals surface area contributed by atoms with Gasteiger partial charge < -0.3 is 10.0 Å². The van der Waals surface area contributed by atoms with Gasteiger partial charge in [-0.2, -0.15) is 0 Å². The van der Waals surface area contributed by atoms with Crippen molar-refractivity contribution in [2.75, 3.05) is 11.4 Å². The maximum absolute atomic E-state index is 13.4. The van der Waals surface area contributed by atoms with Gasteiger partial charge in [0.05, 0.1) is 11.1 Å². The molecule has 2 aliphatic heterocycles. The normalized spacial score (nSPS) is 22.6. The van der Waals surface area contributed by atoms with Crippen molar-refractivity contribution < 1.29 is 9.90 Å². The van der Waals surface area contributed by atoms with Gasteiger partial charge in [0.15, 0.2) is 0 Å². The molecule has 0 radical (unpaired) electrons. The van der Waals surface area contributed by atoms with E-state index in [1.807, 2.05) is 32.1 Å². The van der Waals surface area contributed by atoms with E-state index in [2.05, 4.69) is 35.2 Å². The Morgan fingerprint density at radius 2 is 1.87 bits per heavy atom. The maximum atomic E-state index is 13.4. The van der Waals surface area contributed by atoms with Crippen LogP contribution in [0.2, 0.25) is 0 Å². The molecule has 9 heteroatoms. The summed E-state index contributed by atoms with van der Waals surface area (Å²) in [5.74, 6) is 0.348. The standard InChI is InChI=1S/C29H29N3O3S3/c1-3-30-26(34)24(37-28(30)25-27(35)31(4-2)29(36)38-25)15-18-10-13-23-21(14-18)20-6-5-7-22(20)32(23)19-11-8-17(16-33)9-12-19/h8-15,20,22,33H,3-7,16H2,1-2H3/b24-15+,28-25+. The first-order valence-electron chi connectivity index (χ1n) is 13.1. The van der Waals surface area contributed by atoms with Gasteiger partial charge in [-0.3, -0.25) is 19.1 Å². The Labute approximate surface area is 234 Å². The van der Waals surface area contributed by atoms with E-state index >= 15 is 0 Å². The van der Waals surface area contributed by atoms with Crippen LogP contribution in [0.25, 0.3) is 11.0 Å². The van der Waals surface area contributed by atoms with Gasteiger partial charge in [-0.05, 0) is 73.7 Å². The maximum Gasteiger partial charge on any atom is 0.269 e. The summed E-state index contributed by atoms with van der Waals surface area (Å²) in [6.07, 6.45) is 5.47. The average molecular weight is 564 g/mol. The van der Waals surface area contributed by atoms with Gasteiger partial charge in [0.1, 0.15) is 13.9 Å². The summed E-state index contributed by atoms with van der Waals surface area (Å²) in [4.78, 5) is 30.9. The third-order valence-corrected chi connectivity index (χ3v) is 10.5. The molecule has 196 valence electrons. The van der Waals surface area contributed by atoms with E-state index in [0.717, 1.165) is 29.7 Å². The lowest BCUT2D eigenvalue weighted by molar-refractivity contribution is -0.120. The molecule has 3 aliphatic rings. The van der Waals surface area contributed by atoms with Crippen LogP contribution in [0.15, 0.2) is 47.3 Å². The molecular weight excluding hydrogens is 535 g/mol. The van der Waals surface area contributed by atoms with Crippen LogP contribution in [0.4, 0.5) is 11.4 Å². The minimum absolute atomic E-state index is 0.0436. The molecule has 1 N–H and O–H groups in total. The van der Waals surface area contributed by atoms with Gasteiger partial charge in [-0.15, -0.1) is 11.3 Å². The highest BCUT2D eigenvalue weighted by molar-refractivity contribution is 8.30. The molecule has 3 heterocycles. The van der Waals surface area contributed by atoms with Crippen molar-refractivity contribution in [2.45, 2.75) is 58.2 Å². The minimum Gasteiger partial charge on any atom is -0.392 e. The lowest BCUT2D eigenvalue weighted by Crippen LogP contribution is -2.33. The Kier molecular flexibility index (Phi) is 6.80. The molecule has 1 saturated carbocycles. The lowest BCUT2D eigenvalue weighted by atomic mass is 9.96. The molecule has 3 aromatic rings. The number of thiocarbonyl (C=S) groups is 1. The topological polar surface area (TPSA) is 65.8 Å². The fourth-order valence-corrected chi connectivity index (χ4v) is 8.70. The van der Waals surface area contributed by atoms with Crippen LogP contribution < -0.4 is 19.7 Å². The summed E-state index contributed by atoms with van der Waals surface area (Å²) in [6.45, 7) is 4.89. The van der Waals surface area contributed by atoms with Crippen molar-refractivity contribution in [2.24, 2.45) is 0 Å². The number of hydrogen-bond acceptors (Lipinski definition) is 7. The molecule has 2 unspecified atom stereocenters. The molecule has 6 rings (SSSR count). The van der Waals surface area contributed by atoms with Crippen molar-refractivity contribution in [3.05, 3.63) is 78.7 Å². The Morgan fingerprint density at radius 3 is 2.55 bits per heavy atom. The van der Waals surface area contributed by atoms with E-state index in [9.17, 15) is 14.7 Å². The number of thiazole rings is 1. The first-order valence-corrected chi connectivity index (χ1v) is 15.1. The number of aliphatic hydroxyl groups excluding tert-OH is 1. The smallest absolute Gasteiger partial charge is 0.269 e. The third kappa shape index (κ3) is 4.07. The van der Waals surface area contributed by atoms with E-state index in [1.165, 1.54) is 40.8 Å². The van der Waals surface area contributed by atoms with E-state index in [0.29, 0.717) is 43.5 Å². The van der Waals surface area contributed by atoms with Crippen LogP contribution >= 0.6 is 35.3 Å². The molecule has 0 spiro atoms. The molecule has 38 heavy (non-hydrogen) atoms. The SMILES string of the molecule is CCN1C(=O)/C(=c2\s/c(=C/c3ccc4c(c3)C3CCCC3N4c3ccc(CO)cc3)c(=O)n2CC)SC1=S. The Morgan fingerprint density at radius 1 is 1.08 bits per heavy atom. The van der Waals surface area contributed by atoms with E-state index in [-0.39, 0.29) is 18.1 Å². The van der Waals surface area contributed by atoms with Crippen LogP contribution in [0.1, 0.15) is 55.7 Å². The van der Waals surface area contributed by atoms with Crippen LogP contribution in [-0.2, 0) is 17.9 Å². The number of thioether (sulfide) groups is 1. The van der Waals surface area contributed by atoms with E-state index in [4.69, 9.17) is 12.2 Å². The van der Waals surface area contributed by atoms with Crippen molar-refractivity contribution >= 4 is 67.9 Å². The molecule has 6 nitrogen and oxygen atoms in total. The highest BCUT2D eigenvalue weighted by Crippen LogP contribution is 2.52. The second kappa shape index (κ2) is 10.1. The van der Waals surface area contributed by atoms with Crippen LogP contribution in [0.5, 0.6) is 0 Å². The number of hydrogen-bond donors (Lipinski definition) is 1. The number of aliphatic hydroxyl groups is 1. The third-order valence-electron chi connectivity index (χ3n) is 7.80. The highest BCUT2D eigenvalue weighted by atomic mass is 32.2. The summed E-state index contributed by atoms with van der Waals surface area (Å²) < 4.78 is 3.55. The number of anilines is 2. The number of amides is 1. The number of nitrogens with zero attached hydrogens (tertiary/aromatic N) is 3. The summed E-state index contributed by atoms with van der Waals surface area (Å²) in [6, 6.07) is 15.1. The number of rotatable bonds is 5. The second-order valence-electron chi connectivity index (χ2n) is 9.83. The van der Waals surface area contributed by atoms with Crippen molar-refractivity contribution in [1.29, 1.82) is 0 Å². The first kappa shape index (κ1) is 25.6. The average Bonchev–Trinajstić information content (AvgIpc) is 3.66. The predicted octanol–water partition coefficient (Wildman–Crippen LogP) is 4.03. The Bertz CT molecular complexity index is 1620. The second-order valence-corrected chi connectivity index (χ2v) is 12.5. The molecule has 2 fully saturated rings. The number of fused-ring (bicyclic) bond motifs is 3. The minimum atomic E-state index is -0.116. The molecule has 1 amide bonds. The molecular formula is C29H29N3O3S3. The summed E-state index contributed by atoms with van der Waals surface area (Å²) in [5.41, 5.74) is 5.55. The van der Waals surface area contributed by atoms with Crippen LogP contribution in [-0.4, -0.2) is 37.4 Å². The molecule has 2 atom stereocenters. The zero-order chi connectivity index (χ0) is 26.6. The van der Waals surface area contributed by atoms with Crippen molar-refractivity contribution in [1.82, 2.24) is 9.47 Å². The van der Waals surface area contributed by atoms with Gasteiger partial charge in [0.25, 0.3) is 11.5 Å². The molecule has 1 aliphatic carbocycles. The largest absolute Gasteiger partial charge is 0.392 e. The first-order chi connectivity index (χ1) is 18.4. The molecule has 2 aromatic carbocycles. The Hall–Kier alpha value is -2.72. The fraction of sp³-hybridized carbons (Fsp3) is 0.345. The van der Waals surface area contributed by atoms with Gasteiger partial charge in [-0.1, -0.05) is 48.6 Å². The zero-order valence-corrected chi connectivity index (χ0v) is 23.8. The van der Waals surface area contributed by atoms with Gasteiger partial charge in [0, 0.05) is 36.4 Å². The summed E-state index contributed by atoms with van der Waals surface area (Å²) >= 11 is 8.06. The van der Waals surface area contributed by atoms with E-state index in [1.54, 1.807) is 9.47 Å². The number of benzene rings is 2. The molecule has 1 saturated heterocycles. The van der Waals surface area contributed by atoms with Gasteiger partial charge >= 0.3 is 0 Å². The van der Waals surface area contributed by atoms with E-state index < -0.39 is 0 Å². The highest BCUT2D eigenvalue weighted by Gasteiger charge is 2.42. The summed E-state index contributed by atoms with van der Waals surface area (Å²) in [5, 5.41) is 9.45. The number of carbonyl (C=O) groups excluding carboxylic acids is 1. The Balaban J connectivity index is 1.43. The summed E-state index contributed by atoms with van der Waals surface area (Å²) in [7, 11) is 0. The van der Waals surface area contributed by atoms with Crippen molar-refractivity contribution in [3.8, 4) is 0 Å². The fourth-order valence-electron chi connectivity index (χ4n) is 5.99. The molecule has 0 bridgehead atoms. The predicted molar refractivity (Wildman–Crippen MR) is 159 cm³/mol. The van der Waals surface area contributed by atoms with Gasteiger partial charge in [-0.25, -0.2) is 0 Å². The number of aromatic nitrogens is 1.